The Labute approximate surface area is 186 Å². The molecule has 1 saturated heterocycles. The Kier molecular flexibility index (Phi) is 7.66. The number of piperazine rings is 1. The summed E-state index contributed by atoms with van der Waals surface area (Å²) in [6, 6.07) is 10.8. The van der Waals surface area contributed by atoms with Crippen LogP contribution in [0.4, 0.5) is 13.2 Å². The molecule has 32 heavy (non-hydrogen) atoms. The zero-order valence-electron chi connectivity index (χ0n) is 18.6. The van der Waals surface area contributed by atoms with Gasteiger partial charge in [0.05, 0.1) is 19.8 Å². The Hall–Kier alpha value is -2.74. The molecule has 1 aliphatic heterocycles. The van der Waals surface area contributed by atoms with E-state index in [0.29, 0.717) is 19.6 Å². The van der Waals surface area contributed by atoms with Gasteiger partial charge >= 0.3 is 6.18 Å². The van der Waals surface area contributed by atoms with Crippen molar-refractivity contribution in [2.75, 3.05) is 40.4 Å². The molecule has 0 aromatic heterocycles. The maximum absolute atomic E-state index is 12.7. The van der Waals surface area contributed by atoms with Crippen LogP contribution in [0.2, 0.25) is 0 Å². The summed E-state index contributed by atoms with van der Waals surface area (Å²) in [5.41, 5.74) is 1.08. The average Bonchev–Trinajstić information content (AvgIpc) is 2.79. The number of ether oxygens (including phenoxy) is 2. The lowest BCUT2D eigenvalue weighted by atomic mass is 9.96. The van der Waals surface area contributed by atoms with E-state index in [4.69, 9.17) is 9.47 Å². The third kappa shape index (κ3) is 5.94. The molecule has 1 aliphatic rings. The van der Waals surface area contributed by atoms with Crippen LogP contribution in [0.5, 0.6) is 11.5 Å². The van der Waals surface area contributed by atoms with Crippen molar-refractivity contribution in [3.8, 4) is 11.5 Å². The van der Waals surface area contributed by atoms with Gasteiger partial charge in [0.15, 0.2) is 0 Å². The van der Waals surface area contributed by atoms with Crippen molar-refractivity contribution in [2.24, 2.45) is 0 Å². The summed E-state index contributed by atoms with van der Waals surface area (Å²) >= 11 is 0. The summed E-state index contributed by atoms with van der Waals surface area (Å²) in [5.74, 6) is 1.45. The molecule has 1 unspecified atom stereocenters. The molecule has 0 aliphatic carbocycles. The van der Waals surface area contributed by atoms with E-state index in [-0.39, 0.29) is 18.2 Å². The Balaban J connectivity index is 1.52. The van der Waals surface area contributed by atoms with Crippen LogP contribution in [0.15, 0.2) is 42.5 Å². The lowest BCUT2D eigenvalue weighted by Crippen LogP contribution is -2.48. The van der Waals surface area contributed by atoms with Gasteiger partial charge in [0, 0.05) is 44.7 Å². The van der Waals surface area contributed by atoms with E-state index in [2.05, 4.69) is 4.90 Å². The third-order valence-corrected chi connectivity index (χ3v) is 5.89. The normalized spacial score (nSPS) is 16.0. The molecule has 1 heterocycles. The molecular weight excluding hydrogens is 421 g/mol. The highest BCUT2D eigenvalue weighted by atomic mass is 19.4. The number of hydrogen-bond donors (Lipinski definition) is 0. The first-order valence-corrected chi connectivity index (χ1v) is 10.6. The van der Waals surface area contributed by atoms with Crippen LogP contribution in [0.1, 0.15) is 36.0 Å². The van der Waals surface area contributed by atoms with Gasteiger partial charge in [0.25, 0.3) is 0 Å². The molecule has 174 valence electrons. The Morgan fingerprint density at radius 2 is 1.66 bits per heavy atom. The smallest absolute Gasteiger partial charge is 0.416 e. The minimum absolute atomic E-state index is 0.0241. The number of halogens is 3. The summed E-state index contributed by atoms with van der Waals surface area (Å²) in [6.07, 6.45) is -4.08. The van der Waals surface area contributed by atoms with E-state index in [0.717, 1.165) is 47.8 Å². The molecule has 8 heteroatoms. The van der Waals surface area contributed by atoms with E-state index in [9.17, 15) is 18.0 Å². The number of amides is 1. The first-order chi connectivity index (χ1) is 15.2. The highest BCUT2D eigenvalue weighted by Crippen LogP contribution is 2.31. The van der Waals surface area contributed by atoms with Crippen LogP contribution < -0.4 is 9.47 Å². The lowest BCUT2D eigenvalue weighted by Gasteiger charge is -2.35. The first kappa shape index (κ1) is 23.9. The van der Waals surface area contributed by atoms with Gasteiger partial charge in [-0.05, 0) is 41.8 Å². The number of alkyl halides is 3. The van der Waals surface area contributed by atoms with Gasteiger partial charge in [-0.25, -0.2) is 0 Å². The highest BCUT2D eigenvalue weighted by Gasteiger charge is 2.30. The number of methoxy groups -OCH3 is 2. The molecule has 5 nitrogen and oxygen atoms in total. The van der Waals surface area contributed by atoms with E-state index in [1.807, 2.05) is 30.0 Å². The average molecular weight is 451 g/mol. The molecule has 0 bridgehead atoms. The molecule has 1 atom stereocenters. The van der Waals surface area contributed by atoms with Crippen LogP contribution in [-0.2, 0) is 17.5 Å². The second-order valence-electron chi connectivity index (χ2n) is 8.06. The third-order valence-electron chi connectivity index (χ3n) is 5.89. The molecule has 0 N–H and O–H groups in total. The lowest BCUT2D eigenvalue weighted by molar-refractivity contribution is -0.137. The van der Waals surface area contributed by atoms with Crippen molar-refractivity contribution in [1.29, 1.82) is 0 Å². The molecular formula is C24H29F3N2O3. The van der Waals surface area contributed by atoms with Crippen molar-refractivity contribution in [1.82, 2.24) is 9.80 Å². The fourth-order valence-electron chi connectivity index (χ4n) is 3.91. The maximum Gasteiger partial charge on any atom is 0.416 e. The molecule has 3 rings (SSSR count). The maximum atomic E-state index is 12.7. The number of nitrogens with zero attached hydrogens (tertiary/aromatic N) is 2. The molecule has 1 fully saturated rings. The summed E-state index contributed by atoms with van der Waals surface area (Å²) in [7, 11) is 3.27. The Morgan fingerprint density at radius 3 is 2.22 bits per heavy atom. The van der Waals surface area contributed by atoms with Crippen LogP contribution in [0, 0.1) is 0 Å². The monoisotopic (exact) mass is 450 g/mol. The molecule has 2 aromatic rings. The summed E-state index contributed by atoms with van der Waals surface area (Å²) < 4.78 is 49.0. The minimum Gasteiger partial charge on any atom is -0.497 e. The van der Waals surface area contributed by atoms with E-state index < -0.39 is 11.7 Å². The fourth-order valence-corrected chi connectivity index (χ4v) is 3.91. The second-order valence-corrected chi connectivity index (χ2v) is 8.06. The van der Waals surface area contributed by atoms with Crippen molar-refractivity contribution >= 4 is 5.91 Å². The summed E-state index contributed by atoms with van der Waals surface area (Å²) in [6.45, 7) is 5.27. The molecule has 0 radical (unpaired) electrons. The van der Waals surface area contributed by atoms with Crippen molar-refractivity contribution < 1.29 is 27.4 Å². The Morgan fingerprint density at radius 1 is 1.00 bits per heavy atom. The standard InChI is InChI=1S/C24H29F3N2O3/c1-17(18-4-6-20(7-5-18)24(25,26)27)14-23(30)29-12-10-28(11-13-29)16-19-15-21(31-2)8-9-22(19)32-3/h4-9,15,17H,10-14,16H2,1-3H3. The molecule has 1 amide bonds. The summed E-state index contributed by atoms with van der Waals surface area (Å²) in [4.78, 5) is 16.8. The van der Waals surface area contributed by atoms with Crippen LogP contribution in [-0.4, -0.2) is 56.1 Å². The van der Waals surface area contributed by atoms with E-state index in [1.165, 1.54) is 12.1 Å². The van der Waals surface area contributed by atoms with Crippen LogP contribution >= 0.6 is 0 Å². The minimum atomic E-state index is -4.35. The number of rotatable bonds is 7. The van der Waals surface area contributed by atoms with Gasteiger partial charge in [0.1, 0.15) is 11.5 Å². The number of benzene rings is 2. The van der Waals surface area contributed by atoms with Crippen molar-refractivity contribution in [3.63, 3.8) is 0 Å². The van der Waals surface area contributed by atoms with Crippen LogP contribution in [0.25, 0.3) is 0 Å². The highest BCUT2D eigenvalue weighted by molar-refractivity contribution is 5.77. The SMILES string of the molecule is COc1ccc(OC)c(CN2CCN(C(=O)CC(C)c3ccc(C(F)(F)F)cc3)CC2)c1. The largest absolute Gasteiger partial charge is 0.497 e. The second kappa shape index (κ2) is 10.3. The molecule has 0 saturated carbocycles. The molecule has 0 spiro atoms. The van der Waals surface area contributed by atoms with Crippen molar-refractivity contribution in [2.45, 2.75) is 32.0 Å². The van der Waals surface area contributed by atoms with E-state index in [1.54, 1.807) is 14.2 Å². The van der Waals surface area contributed by atoms with Gasteiger partial charge in [0.2, 0.25) is 5.91 Å². The zero-order valence-corrected chi connectivity index (χ0v) is 18.6. The number of carbonyl (C=O) groups excluding carboxylic acids is 1. The van der Waals surface area contributed by atoms with Gasteiger partial charge in [-0.2, -0.15) is 13.2 Å². The van der Waals surface area contributed by atoms with Gasteiger partial charge in [-0.3, -0.25) is 9.69 Å². The van der Waals surface area contributed by atoms with E-state index >= 15 is 0 Å². The number of hydrogen-bond acceptors (Lipinski definition) is 4. The fraction of sp³-hybridized carbons (Fsp3) is 0.458. The van der Waals surface area contributed by atoms with Crippen LogP contribution in [0.3, 0.4) is 0 Å². The molecule has 2 aromatic carbocycles. The summed E-state index contributed by atoms with van der Waals surface area (Å²) in [5, 5.41) is 0. The zero-order chi connectivity index (χ0) is 23.3. The van der Waals surface area contributed by atoms with Gasteiger partial charge in [-0.15, -0.1) is 0 Å². The number of carbonyl (C=O) groups is 1. The topological polar surface area (TPSA) is 42.0 Å². The first-order valence-electron chi connectivity index (χ1n) is 10.6. The quantitative estimate of drug-likeness (QED) is 0.620. The predicted molar refractivity (Wildman–Crippen MR) is 116 cm³/mol. The van der Waals surface area contributed by atoms with Crippen molar-refractivity contribution in [3.05, 3.63) is 59.2 Å². The van der Waals surface area contributed by atoms with Gasteiger partial charge in [-0.1, -0.05) is 19.1 Å². The predicted octanol–water partition coefficient (Wildman–Crippen LogP) is 4.56. The Bertz CT molecular complexity index is 908. The van der Waals surface area contributed by atoms with Gasteiger partial charge < -0.3 is 14.4 Å².